The van der Waals surface area contributed by atoms with E-state index in [9.17, 15) is 9.59 Å². The molecule has 0 spiro atoms. The van der Waals surface area contributed by atoms with E-state index in [0.29, 0.717) is 22.7 Å². The molecule has 2 rings (SSSR count). The third kappa shape index (κ3) is 4.55. The molecule has 0 saturated carbocycles. The van der Waals surface area contributed by atoms with Crippen LogP contribution in [-0.2, 0) is 4.79 Å². The van der Waals surface area contributed by atoms with E-state index >= 15 is 0 Å². The monoisotopic (exact) mass is 313 g/mol. The van der Waals surface area contributed by atoms with E-state index < -0.39 is 0 Å². The molecule has 6 nitrogen and oxygen atoms in total. The molecule has 0 saturated heterocycles. The Morgan fingerprint density at radius 3 is 2.48 bits per heavy atom. The lowest BCUT2D eigenvalue weighted by Crippen LogP contribution is -2.17. The van der Waals surface area contributed by atoms with E-state index in [-0.39, 0.29) is 24.8 Å². The molecule has 0 heterocycles. The fourth-order valence-electron chi connectivity index (χ4n) is 2.02. The minimum absolute atomic E-state index is 0.211. The molecule has 0 bridgehead atoms. The summed E-state index contributed by atoms with van der Waals surface area (Å²) in [7, 11) is 1.51. The minimum Gasteiger partial charge on any atom is -0.495 e. The SMILES string of the molecule is COc1ccc(NC(=O)c2ccccc2)cc1NC(=O)CCN. The number of hydrogen-bond donors (Lipinski definition) is 3. The van der Waals surface area contributed by atoms with Gasteiger partial charge in [-0.15, -0.1) is 0 Å². The lowest BCUT2D eigenvalue weighted by Gasteiger charge is -2.12. The van der Waals surface area contributed by atoms with Crippen molar-refractivity contribution in [1.29, 1.82) is 0 Å². The summed E-state index contributed by atoms with van der Waals surface area (Å²) in [6, 6.07) is 13.9. The predicted molar refractivity (Wildman–Crippen MR) is 89.7 cm³/mol. The number of carbonyl (C=O) groups excluding carboxylic acids is 2. The van der Waals surface area contributed by atoms with Crippen LogP contribution in [0.25, 0.3) is 0 Å². The van der Waals surface area contributed by atoms with Gasteiger partial charge in [0.1, 0.15) is 5.75 Å². The van der Waals surface area contributed by atoms with Gasteiger partial charge in [-0.1, -0.05) is 18.2 Å². The third-order valence-electron chi connectivity index (χ3n) is 3.14. The fourth-order valence-corrected chi connectivity index (χ4v) is 2.02. The first kappa shape index (κ1) is 16.5. The van der Waals surface area contributed by atoms with Gasteiger partial charge in [-0.05, 0) is 30.3 Å². The Morgan fingerprint density at radius 2 is 1.83 bits per heavy atom. The number of rotatable bonds is 6. The van der Waals surface area contributed by atoms with E-state index in [1.165, 1.54) is 7.11 Å². The molecular weight excluding hydrogens is 294 g/mol. The molecular formula is C17H19N3O3. The second-order valence-corrected chi connectivity index (χ2v) is 4.82. The second-order valence-electron chi connectivity index (χ2n) is 4.82. The van der Waals surface area contributed by atoms with Gasteiger partial charge in [0.25, 0.3) is 5.91 Å². The maximum atomic E-state index is 12.2. The van der Waals surface area contributed by atoms with Crippen LogP contribution in [0.5, 0.6) is 5.75 Å². The Labute approximate surface area is 134 Å². The first-order valence-corrected chi connectivity index (χ1v) is 7.18. The molecule has 2 amide bonds. The molecule has 0 aromatic heterocycles. The van der Waals surface area contributed by atoms with Crippen LogP contribution in [0.1, 0.15) is 16.8 Å². The summed E-state index contributed by atoms with van der Waals surface area (Å²) < 4.78 is 5.21. The van der Waals surface area contributed by atoms with E-state index in [2.05, 4.69) is 10.6 Å². The first-order chi connectivity index (χ1) is 11.1. The summed E-state index contributed by atoms with van der Waals surface area (Å²) in [5.74, 6) is 0.0698. The molecule has 6 heteroatoms. The van der Waals surface area contributed by atoms with Gasteiger partial charge in [0, 0.05) is 24.2 Å². The zero-order valence-electron chi connectivity index (χ0n) is 12.8. The summed E-state index contributed by atoms with van der Waals surface area (Å²) in [6.07, 6.45) is 0.212. The Morgan fingerprint density at radius 1 is 1.09 bits per heavy atom. The van der Waals surface area contributed by atoms with Crippen LogP contribution in [0, 0.1) is 0 Å². The smallest absolute Gasteiger partial charge is 0.255 e. The van der Waals surface area contributed by atoms with Crippen molar-refractivity contribution in [3.05, 3.63) is 54.1 Å². The van der Waals surface area contributed by atoms with Crippen molar-refractivity contribution in [1.82, 2.24) is 0 Å². The number of carbonyl (C=O) groups is 2. The van der Waals surface area contributed by atoms with Crippen molar-refractivity contribution in [2.24, 2.45) is 5.73 Å². The average Bonchev–Trinajstić information content (AvgIpc) is 2.56. The number of ether oxygens (including phenoxy) is 1. The van der Waals surface area contributed by atoms with Crippen LogP contribution in [0.2, 0.25) is 0 Å². The largest absolute Gasteiger partial charge is 0.495 e. The lowest BCUT2D eigenvalue weighted by molar-refractivity contribution is -0.116. The molecule has 2 aromatic rings. The molecule has 120 valence electrons. The molecule has 4 N–H and O–H groups in total. The lowest BCUT2D eigenvalue weighted by atomic mass is 10.2. The van der Waals surface area contributed by atoms with Crippen molar-refractivity contribution >= 4 is 23.2 Å². The number of nitrogens with two attached hydrogens (primary N) is 1. The van der Waals surface area contributed by atoms with Crippen molar-refractivity contribution < 1.29 is 14.3 Å². The normalized spacial score (nSPS) is 10.0. The topological polar surface area (TPSA) is 93.5 Å². The van der Waals surface area contributed by atoms with E-state index in [1.807, 2.05) is 6.07 Å². The van der Waals surface area contributed by atoms with Crippen LogP contribution in [0.4, 0.5) is 11.4 Å². The number of methoxy groups -OCH3 is 1. The quantitative estimate of drug-likeness (QED) is 0.762. The second kappa shape index (κ2) is 7.95. The molecule has 0 radical (unpaired) electrons. The third-order valence-corrected chi connectivity index (χ3v) is 3.14. The summed E-state index contributed by atoms with van der Waals surface area (Å²) >= 11 is 0. The van der Waals surface area contributed by atoms with E-state index in [0.717, 1.165) is 0 Å². The highest BCUT2D eigenvalue weighted by Gasteiger charge is 2.10. The van der Waals surface area contributed by atoms with Gasteiger partial charge in [-0.3, -0.25) is 9.59 Å². The van der Waals surface area contributed by atoms with Gasteiger partial charge in [-0.25, -0.2) is 0 Å². The number of anilines is 2. The van der Waals surface area contributed by atoms with Crippen molar-refractivity contribution in [2.45, 2.75) is 6.42 Å². The Kier molecular flexibility index (Phi) is 5.71. The highest BCUT2D eigenvalue weighted by molar-refractivity contribution is 6.04. The Balaban J connectivity index is 2.16. The van der Waals surface area contributed by atoms with Gasteiger partial charge in [0.15, 0.2) is 0 Å². The molecule has 0 aliphatic heterocycles. The van der Waals surface area contributed by atoms with Crippen molar-refractivity contribution in [3.8, 4) is 5.75 Å². The molecule has 23 heavy (non-hydrogen) atoms. The molecule has 0 aliphatic rings. The van der Waals surface area contributed by atoms with Crippen LogP contribution in [-0.4, -0.2) is 25.5 Å². The van der Waals surface area contributed by atoms with E-state index in [1.54, 1.807) is 42.5 Å². The molecule has 0 aliphatic carbocycles. The zero-order valence-corrected chi connectivity index (χ0v) is 12.8. The van der Waals surface area contributed by atoms with Crippen LogP contribution in [0.3, 0.4) is 0 Å². The van der Waals surface area contributed by atoms with Crippen molar-refractivity contribution in [3.63, 3.8) is 0 Å². The Hall–Kier alpha value is -2.86. The summed E-state index contributed by atoms with van der Waals surface area (Å²) in [6.45, 7) is 0.262. The first-order valence-electron chi connectivity index (χ1n) is 7.18. The van der Waals surface area contributed by atoms with E-state index in [4.69, 9.17) is 10.5 Å². The highest BCUT2D eigenvalue weighted by atomic mass is 16.5. The standard InChI is InChI=1S/C17H19N3O3/c1-23-15-8-7-13(11-14(15)20-16(21)9-10-18)19-17(22)12-5-3-2-4-6-12/h2-8,11H,9-10,18H2,1H3,(H,19,22)(H,20,21). The molecule has 0 fully saturated rings. The number of benzene rings is 2. The van der Waals surface area contributed by atoms with Crippen LogP contribution >= 0.6 is 0 Å². The van der Waals surface area contributed by atoms with Gasteiger partial charge in [-0.2, -0.15) is 0 Å². The molecule has 2 aromatic carbocycles. The molecule has 0 unspecified atom stereocenters. The van der Waals surface area contributed by atoms with Gasteiger partial charge >= 0.3 is 0 Å². The Bertz CT molecular complexity index is 687. The number of amides is 2. The predicted octanol–water partition coefficient (Wildman–Crippen LogP) is 2.23. The summed E-state index contributed by atoms with van der Waals surface area (Å²) in [5.41, 5.74) is 6.96. The van der Waals surface area contributed by atoms with Gasteiger partial charge in [0.2, 0.25) is 5.91 Å². The number of hydrogen-bond acceptors (Lipinski definition) is 4. The van der Waals surface area contributed by atoms with Crippen LogP contribution in [0.15, 0.2) is 48.5 Å². The zero-order chi connectivity index (χ0) is 16.7. The summed E-state index contributed by atoms with van der Waals surface area (Å²) in [4.78, 5) is 23.9. The fraction of sp³-hybridized carbons (Fsp3) is 0.176. The average molecular weight is 313 g/mol. The molecule has 0 atom stereocenters. The van der Waals surface area contributed by atoms with Crippen LogP contribution < -0.4 is 21.1 Å². The van der Waals surface area contributed by atoms with Gasteiger partial charge in [0.05, 0.1) is 12.8 Å². The maximum absolute atomic E-state index is 12.2. The summed E-state index contributed by atoms with van der Waals surface area (Å²) in [5, 5.41) is 5.51. The van der Waals surface area contributed by atoms with Crippen molar-refractivity contribution in [2.75, 3.05) is 24.3 Å². The maximum Gasteiger partial charge on any atom is 0.255 e. The van der Waals surface area contributed by atoms with Gasteiger partial charge < -0.3 is 21.1 Å². The number of nitrogens with one attached hydrogen (secondary N) is 2. The highest BCUT2D eigenvalue weighted by Crippen LogP contribution is 2.28. The minimum atomic E-state index is -0.227.